The van der Waals surface area contributed by atoms with Gasteiger partial charge in [-0.15, -0.1) is 21.5 Å². The molecule has 184 valence electrons. The molecule has 2 aliphatic rings. The molecule has 3 aromatic heterocycles. The third-order valence-electron chi connectivity index (χ3n) is 6.88. The summed E-state index contributed by atoms with van der Waals surface area (Å²) < 4.78 is 7.87. The minimum atomic E-state index is 0.229. The SMILES string of the molecule is CC[C@@H](c1nnc(Sc2nc(C)nc3sc4c(c23)CCCC4)n1CCN1CCOCC1)N(C)C. The van der Waals surface area contributed by atoms with Crippen molar-refractivity contribution < 1.29 is 4.74 Å². The van der Waals surface area contributed by atoms with E-state index in [1.165, 1.54) is 35.1 Å². The van der Waals surface area contributed by atoms with Gasteiger partial charge in [-0.1, -0.05) is 6.92 Å². The highest BCUT2D eigenvalue weighted by molar-refractivity contribution is 7.99. The zero-order valence-corrected chi connectivity index (χ0v) is 22.3. The summed E-state index contributed by atoms with van der Waals surface area (Å²) in [5, 5.41) is 12.6. The third-order valence-corrected chi connectivity index (χ3v) is 9.04. The van der Waals surface area contributed by atoms with Gasteiger partial charge in [0.2, 0.25) is 0 Å². The van der Waals surface area contributed by atoms with E-state index in [-0.39, 0.29) is 6.04 Å². The molecule has 34 heavy (non-hydrogen) atoms. The van der Waals surface area contributed by atoms with Crippen molar-refractivity contribution >= 4 is 33.3 Å². The Hall–Kier alpha value is -1.59. The molecule has 10 heteroatoms. The number of nitrogens with zero attached hydrogens (tertiary/aromatic N) is 7. The summed E-state index contributed by atoms with van der Waals surface area (Å²) >= 11 is 3.52. The van der Waals surface area contributed by atoms with E-state index in [2.05, 4.69) is 35.4 Å². The van der Waals surface area contributed by atoms with Crippen LogP contribution < -0.4 is 0 Å². The predicted molar refractivity (Wildman–Crippen MR) is 137 cm³/mol. The maximum atomic E-state index is 5.54. The van der Waals surface area contributed by atoms with Crippen molar-refractivity contribution in [3.8, 4) is 0 Å². The molecular formula is C24H35N7OS2. The average molecular weight is 502 g/mol. The maximum Gasteiger partial charge on any atom is 0.197 e. The van der Waals surface area contributed by atoms with Gasteiger partial charge in [-0.25, -0.2) is 9.97 Å². The molecule has 1 aliphatic carbocycles. The van der Waals surface area contributed by atoms with E-state index >= 15 is 0 Å². The van der Waals surface area contributed by atoms with Crippen molar-refractivity contribution in [2.75, 3.05) is 46.9 Å². The molecule has 0 N–H and O–H groups in total. The van der Waals surface area contributed by atoms with Crippen LogP contribution in [-0.4, -0.2) is 81.5 Å². The van der Waals surface area contributed by atoms with Crippen LogP contribution in [0.15, 0.2) is 10.2 Å². The Morgan fingerprint density at radius 2 is 1.88 bits per heavy atom. The molecule has 1 aliphatic heterocycles. The number of rotatable bonds is 8. The summed E-state index contributed by atoms with van der Waals surface area (Å²) in [4.78, 5) is 17.1. The van der Waals surface area contributed by atoms with Crippen LogP contribution in [0.5, 0.6) is 0 Å². The molecule has 0 aromatic carbocycles. The van der Waals surface area contributed by atoms with Gasteiger partial charge in [-0.3, -0.25) is 9.80 Å². The van der Waals surface area contributed by atoms with E-state index in [1.54, 1.807) is 11.8 Å². The summed E-state index contributed by atoms with van der Waals surface area (Å²) in [6.45, 7) is 9.64. The number of hydrogen-bond donors (Lipinski definition) is 0. The van der Waals surface area contributed by atoms with Gasteiger partial charge in [0.05, 0.1) is 19.3 Å². The Bertz CT molecular complexity index is 1140. The summed E-state index contributed by atoms with van der Waals surface area (Å²) in [6, 6.07) is 0.229. The molecule has 0 spiro atoms. The van der Waals surface area contributed by atoms with Gasteiger partial charge in [0, 0.05) is 36.4 Å². The lowest BCUT2D eigenvalue weighted by molar-refractivity contribution is 0.0358. The number of aryl methyl sites for hydroxylation is 3. The fraction of sp³-hybridized carbons (Fsp3) is 0.667. The number of aromatic nitrogens is 5. The smallest absolute Gasteiger partial charge is 0.197 e. The molecule has 0 radical (unpaired) electrons. The number of ether oxygens (including phenoxy) is 1. The van der Waals surface area contributed by atoms with Gasteiger partial charge < -0.3 is 9.30 Å². The Labute approximate surface area is 210 Å². The lowest BCUT2D eigenvalue weighted by Crippen LogP contribution is -2.38. The quantitative estimate of drug-likeness (QED) is 0.430. The van der Waals surface area contributed by atoms with Crippen LogP contribution in [0, 0.1) is 6.92 Å². The highest BCUT2D eigenvalue weighted by Gasteiger charge is 2.26. The molecule has 1 saturated heterocycles. The van der Waals surface area contributed by atoms with Crippen molar-refractivity contribution in [3.63, 3.8) is 0 Å². The standard InChI is InChI=1S/C24H35N7OS2/c1-5-18(29(3)4)21-27-28-24(31(21)11-10-30-12-14-32-15-13-30)34-23-20-17-8-6-7-9-19(17)33-22(20)25-16(2)26-23/h18H,5-15H2,1-4H3/t18-/m0/s1. The van der Waals surface area contributed by atoms with Gasteiger partial charge in [0.25, 0.3) is 0 Å². The lowest BCUT2D eigenvalue weighted by Gasteiger charge is -2.28. The summed E-state index contributed by atoms with van der Waals surface area (Å²) in [6.07, 6.45) is 5.81. The molecule has 0 amide bonds. The van der Waals surface area contributed by atoms with Crippen LogP contribution in [0.25, 0.3) is 10.2 Å². The molecular weight excluding hydrogens is 466 g/mol. The van der Waals surface area contributed by atoms with E-state index < -0.39 is 0 Å². The maximum absolute atomic E-state index is 5.54. The molecule has 3 aromatic rings. The van der Waals surface area contributed by atoms with Crippen LogP contribution in [-0.2, 0) is 24.1 Å². The van der Waals surface area contributed by atoms with Crippen LogP contribution in [0.4, 0.5) is 0 Å². The van der Waals surface area contributed by atoms with Crippen molar-refractivity contribution in [3.05, 3.63) is 22.1 Å². The first-order valence-corrected chi connectivity index (χ1v) is 14.0. The number of fused-ring (bicyclic) bond motifs is 3. The zero-order chi connectivity index (χ0) is 23.7. The Morgan fingerprint density at radius 1 is 1.09 bits per heavy atom. The van der Waals surface area contributed by atoms with Gasteiger partial charge >= 0.3 is 0 Å². The minimum Gasteiger partial charge on any atom is -0.379 e. The summed E-state index contributed by atoms with van der Waals surface area (Å²) in [7, 11) is 4.24. The Morgan fingerprint density at radius 3 is 2.65 bits per heavy atom. The first kappa shape index (κ1) is 24.1. The first-order valence-electron chi connectivity index (χ1n) is 12.4. The van der Waals surface area contributed by atoms with Crippen LogP contribution in [0.3, 0.4) is 0 Å². The molecule has 4 heterocycles. The van der Waals surface area contributed by atoms with Crippen molar-refractivity contribution in [2.45, 2.75) is 68.7 Å². The lowest BCUT2D eigenvalue weighted by atomic mass is 9.97. The normalized spacial score (nSPS) is 18.0. The molecule has 0 unspecified atom stereocenters. The van der Waals surface area contributed by atoms with Crippen LogP contribution >= 0.6 is 23.1 Å². The van der Waals surface area contributed by atoms with Gasteiger partial charge in [0.1, 0.15) is 15.7 Å². The number of thiophene rings is 1. The Balaban J connectivity index is 1.51. The molecule has 5 rings (SSSR count). The van der Waals surface area contributed by atoms with Crippen molar-refractivity contribution in [2.24, 2.45) is 0 Å². The molecule has 1 fully saturated rings. The van der Waals surface area contributed by atoms with Crippen LogP contribution in [0.1, 0.15) is 54.3 Å². The van der Waals surface area contributed by atoms with E-state index in [1.807, 2.05) is 18.3 Å². The van der Waals surface area contributed by atoms with Gasteiger partial charge in [-0.2, -0.15) is 0 Å². The topological polar surface area (TPSA) is 72.2 Å². The van der Waals surface area contributed by atoms with Gasteiger partial charge in [-0.05, 0) is 70.4 Å². The van der Waals surface area contributed by atoms with Gasteiger partial charge in [0.15, 0.2) is 11.0 Å². The fourth-order valence-electron chi connectivity index (χ4n) is 5.06. The molecule has 8 nitrogen and oxygen atoms in total. The second-order valence-electron chi connectivity index (χ2n) is 9.40. The first-order chi connectivity index (χ1) is 16.5. The van der Waals surface area contributed by atoms with E-state index in [0.29, 0.717) is 0 Å². The zero-order valence-electron chi connectivity index (χ0n) is 20.7. The number of hydrogen-bond acceptors (Lipinski definition) is 9. The van der Waals surface area contributed by atoms with Crippen molar-refractivity contribution in [1.82, 2.24) is 34.5 Å². The second-order valence-corrected chi connectivity index (χ2v) is 11.4. The second kappa shape index (κ2) is 10.6. The molecule has 0 bridgehead atoms. The van der Waals surface area contributed by atoms with Crippen molar-refractivity contribution in [1.29, 1.82) is 0 Å². The van der Waals surface area contributed by atoms with E-state index in [0.717, 1.165) is 78.9 Å². The highest BCUT2D eigenvalue weighted by Crippen LogP contribution is 2.41. The predicted octanol–water partition coefficient (Wildman–Crippen LogP) is 3.97. The average Bonchev–Trinajstić information content (AvgIpc) is 3.39. The molecule has 0 saturated carbocycles. The highest BCUT2D eigenvalue weighted by atomic mass is 32.2. The fourth-order valence-corrected chi connectivity index (χ4v) is 7.48. The summed E-state index contributed by atoms with van der Waals surface area (Å²) in [5.41, 5.74) is 1.47. The number of morpholine rings is 1. The third kappa shape index (κ3) is 4.88. The summed E-state index contributed by atoms with van der Waals surface area (Å²) in [5.74, 6) is 1.87. The Kier molecular flexibility index (Phi) is 7.50. The van der Waals surface area contributed by atoms with E-state index in [4.69, 9.17) is 24.9 Å². The monoisotopic (exact) mass is 501 g/mol. The largest absolute Gasteiger partial charge is 0.379 e. The minimum absolute atomic E-state index is 0.229. The van der Waals surface area contributed by atoms with E-state index in [9.17, 15) is 0 Å². The van der Waals surface area contributed by atoms with Crippen LogP contribution in [0.2, 0.25) is 0 Å². The molecule has 1 atom stereocenters.